The van der Waals surface area contributed by atoms with Gasteiger partial charge in [-0.15, -0.1) is 9.45 Å². The van der Waals surface area contributed by atoms with Crippen molar-refractivity contribution in [3.8, 4) is 5.75 Å². The van der Waals surface area contributed by atoms with Crippen LogP contribution in [0, 0.1) is 0 Å². The van der Waals surface area contributed by atoms with E-state index >= 15 is 0 Å². The van der Waals surface area contributed by atoms with Crippen LogP contribution in [0.2, 0.25) is 0 Å². The first-order chi connectivity index (χ1) is 16.6. The van der Waals surface area contributed by atoms with Crippen molar-refractivity contribution in [1.29, 1.82) is 0 Å². The number of benzene rings is 4. The number of hydrogen-bond acceptors (Lipinski definition) is 11. The van der Waals surface area contributed by atoms with Crippen molar-refractivity contribution in [3.05, 3.63) is 78.9 Å². The summed E-state index contributed by atoms with van der Waals surface area (Å²) >= 11 is 4.65. The van der Waals surface area contributed by atoms with Crippen LogP contribution in [0.1, 0.15) is 0 Å². The quantitative estimate of drug-likeness (QED) is 0.0851. The summed E-state index contributed by atoms with van der Waals surface area (Å²) in [5, 5.41) is 31.5. The molecule has 0 spiro atoms. The van der Waals surface area contributed by atoms with Crippen LogP contribution < -0.4 is 5.32 Å². The zero-order valence-electron chi connectivity index (χ0n) is 17.7. The molecule has 0 fully saturated rings. The number of anilines is 2. The smallest absolute Gasteiger partial charge is 0.202 e. The topological polar surface area (TPSA) is 164 Å². The molecule has 0 aliphatic heterocycles. The van der Waals surface area contributed by atoms with E-state index in [2.05, 4.69) is 31.1 Å². The molecule has 0 aromatic heterocycles. The molecule has 0 aliphatic rings. The van der Waals surface area contributed by atoms with E-state index in [9.17, 15) is 23.0 Å². The minimum absolute atomic E-state index is 0.0335. The lowest BCUT2D eigenvalue weighted by Gasteiger charge is -2.22. The number of rotatable bonds is 7. The van der Waals surface area contributed by atoms with Crippen LogP contribution in [-0.4, -0.2) is 28.2 Å². The van der Waals surface area contributed by atoms with E-state index < -0.39 is 30.3 Å². The Hall–Kier alpha value is -3.14. The summed E-state index contributed by atoms with van der Waals surface area (Å²) in [6, 6.07) is 21.1. The van der Waals surface area contributed by atoms with Gasteiger partial charge in [-0.2, -0.15) is 5.11 Å². The maximum absolute atomic E-state index is 11.9. The predicted molar refractivity (Wildman–Crippen MR) is 137 cm³/mol. The minimum Gasteiger partial charge on any atom is -0.505 e. The number of aromatic hydroxyl groups is 1. The molecule has 0 radical (unpaired) electrons. The van der Waals surface area contributed by atoms with Gasteiger partial charge in [0.15, 0.2) is 5.75 Å². The first-order valence-electron chi connectivity index (χ1n) is 9.81. The molecule has 6 N–H and O–H groups in total. The van der Waals surface area contributed by atoms with E-state index in [0.717, 1.165) is 5.69 Å². The maximum Gasteiger partial charge on any atom is 0.202 e. The Morgan fingerprint density at radius 1 is 0.857 bits per heavy atom. The van der Waals surface area contributed by atoms with Crippen molar-refractivity contribution < 1.29 is 32.6 Å². The van der Waals surface area contributed by atoms with Crippen LogP contribution in [0.25, 0.3) is 10.8 Å². The Bertz CT molecular complexity index is 1510. The number of nitrogens with zero attached hydrogens (tertiary/aromatic N) is 2. The fourth-order valence-corrected chi connectivity index (χ4v) is 4.81. The Morgan fingerprint density at radius 3 is 2.17 bits per heavy atom. The predicted octanol–water partition coefficient (Wildman–Crippen LogP) is 6.80. The highest BCUT2D eigenvalue weighted by atomic mass is 32.8. The summed E-state index contributed by atoms with van der Waals surface area (Å²) in [6.07, 6.45) is 0. The summed E-state index contributed by atoms with van der Waals surface area (Å²) in [4.78, 5) is -0.375. The molecule has 10 nitrogen and oxygen atoms in total. The zero-order valence-corrected chi connectivity index (χ0v) is 20.1. The molecule has 0 aliphatic carbocycles. The lowest BCUT2D eigenvalue weighted by Crippen LogP contribution is -2.00. The normalized spacial score (nSPS) is 14.2. The van der Waals surface area contributed by atoms with Gasteiger partial charge < -0.3 is 24.1 Å². The van der Waals surface area contributed by atoms with Crippen LogP contribution in [0.5, 0.6) is 5.75 Å². The number of nitrogens with one attached hydrogen (secondary N) is 1. The van der Waals surface area contributed by atoms with Crippen molar-refractivity contribution >= 4 is 64.4 Å². The van der Waals surface area contributed by atoms with Crippen molar-refractivity contribution in [2.75, 3.05) is 5.32 Å². The monoisotopic (exact) mass is 533 g/mol. The van der Waals surface area contributed by atoms with E-state index in [0.29, 0.717) is 16.5 Å². The standard InChI is InChI=1S/C22H19N3O7S3/c26-22-19-13-17(23-15-4-2-1-3-5-15)7-6-14(19)12-20(34(28,29)30)21(22)25-24-16-8-10-18(11-9-16)35(31,33)32-27/h1-13,23,26-30H. The van der Waals surface area contributed by atoms with E-state index in [1.807, 2.05) is 30.3 Å². The third-order valence-corrected chi connectivity index (χ3v) is 7.61. The van der Waals surface area contributed by atoms with Crippen molar-refractivity contribution in [3.63, 3.8) is 0 Å². The van der Waals surface area contributed by atoms with Gasteiger partial charge in [-0.3, -0.25) is 0 Å². The SMILES string of the molecule is O=S(=S)(OO)c1ccc(N=Nc2c(S(O)(O)O)cc3ccc(Nc4ccccc4)cc3c2O)cc1. The molecule has 0 saturated heterocycles. The van der Waals surface area contributed by atoms with Gasteiger partial charge in [0.1, 0.15) is 16.6 Å². The Kier molecular flexibility index (Phi) is 7.02. The Balaban J connectivity index is 1.76. The summed E-state index contributed by atoms with van der Waals surface area (Å²) in [5.41, 5.74) is 1.35. The Morgan fingerprint density at radius 2 is 1.54 bits per heavy atom. The third-order valence-electron chi connectivity index (χ3n) is 4.90. The summed E-state index contributed by atoms with van der Waals surface area (Å²) in [5.74, 6) is -0.425. The lowest BCUT2D eigenvalue weighted by atomic mass is 10.1. The first kappa shape index (κ1) is 25.0. The largest absolute Gasteiger partial charge is 0.505 e. The molecular weight excluding hydrogens is 514 g/mol. The highest BCUT2D eigenvalue weighted by Gasteiger charge is 2.25. The second kappa shape index (κ2) is 9.85. The van der Waals surface area contributed by atoms with Crippen LogP contribution in [0.4, 0.5) is 22.7 Å². The second-order valence-corrected chi connectivity index (χ2v) is 11.6. The van der Waals surface area contributed by atoms with Crippen LogP contribution in [0.15, 0.2) is 98.9 Å². The number of fused-ring (bicyclic) bond motifs is 1. The minimum atomic E-state index is -4.27. The third kappa shape index (κ3) is 5.58. The summed E-state index contributed by atoms with van der Waals surface area (Å²) in [7, 11) is -7.76. The molecule has 0 heterocycles. The van der Waals surface area contributed by atoms with Gasteiger partial charge in [0.2, 0.25) is 8.77 Å². The number of azo groups is 1. The average Bonchev–Trinajstić information content (AvgIpc) is 2.84. The summed E-state index contributed by atoms with van der Waals surface area (Å²) in [6.45, 7) is 0. The number of phenolic OH excluding ortho intramolecular Hbond substituents is 1. The van der Waals surface area contributed by atoms with Crippen LogP contribution in [-0.2, 0) is 24.3 Å². The van der Waals surface area contributed by atoms with Gasteiger partial charge in [-0.25, -0.2) is 9.47 Å². The highest BCUT2D eigenvalue weighted by Crippen LogP contribution is 2.54. The van der Waals surface area contributed by atoms with E-state index in [-0.39, 0.29) is 16.3 Å². The lowest BCUT2D eigenvalue weighted by molar-refractivity contribution is -0.124. The molecule has 0 saturated carbocycles. The molecule has 4 rings (SSSR count). The van der Waals surface area contributed by atoms with Crippen LogP contribution in [0.3, 0.4) is 0 Å². The zero-order chi connectivity index (χ0) is 25.2. The van der Waals surface area contributed by atoms with Gasteiger partial charge in [-0.05, 0) is 60.0 Å². The molecule has 1 atom stereocenters. The van der Waals surface area contributed by atoms with Gasteiger partial charge in [0.05, 0.1) is 15.5 Å². The molecule has 35 heavy (non-hydrogen) atoms. The second-order valence-electron chi connectivity index (χ2n) is 7.24. The van der Waals surface area contributed by atoms with E-state index in [1.165, 1.54) is 30.3 Å². The van der Waals surface area contributed by atoms with Gasteiger partial charge in [-0.1, -0.05) is 24.3 Å². The van der Waals surface area contributed by atoms with Crippen LogP contribution >= 0.6 is 10.9 Å². The highest BCUT2D eigenvalue weighted by molar-refractivity contribution is 8.30. The fraction of sp³-hybridized carbons (Fsp3) is 0. The molecule has 4 aromatic rings. The number of hydrogen-bond donors (Lipinski definition) is 6. The van der Waals surface area contributed by atoms with Gasteiger partial charge >= 0.3 is 0 Å². The molecule has 182 valence electrons. The number of phenols is 1. The van der Waals surface area contributed by atoms with E-state index in [4.69, 9.17) is 5.26 Å². The van der Waals surface area contributed by atoms with Crippen molar-refractivity contribution in [2.24, 2.45) is 10.2 Å². The number of para-hydroxylation sites is 1. The molecule has 0 amide bonds. The van der Waals surface area contributed by atoms with Crippen molar-refractivity contribution in [1.82, 2.24) is 0 Å². The van der Waals surface area contributed by atoms with Gasteiger partial charge in [0.25, 0.3) is 0 Å². The van der Waals surface area contributed by atoms with E-state index in [1.54, 1.807) is 18.2 Å². The fourth-order valence-electron chi connectivity index (χ4n) is 3.24. The Labute approximate surface area is 206 Å². The van der Waals surface area contributed by atoms with Gasteiger partial charge in [0, 0.05) is 27.9 Å². The first-order valence-corrected chi connectivity index (χ1v) is 13.7. The average molecular weight is 534 g/mol. The molecule has 0 bridgehead atoms. The molecule has 4 aromatic carbocycles. The summed E-state index contributed by atoms with van der Waals surface area (Å²) < 4.78 is 45.5. The van der Waals surface area contributed by atoms with Crippen molar-refractivity contribution in [2.45, 2.75) is 9.79 Å². The molecule has 1 unspecified atom stereocenters. The molecule has 13 heteroatoms. The molecular formula is C22H19N3O7S3. The maximum atomic E-state index is 11.9.